The second kappa shape index (κ2) is 6.22. The minimum absolute atomic E-state index is 0.404. The van der Waals surface area contributed by atoms with Gasteiger partial charge >= 0.3 is 5.97 Å². The van der Waals surface area contributed by atoms with Crippen LogP contribution < -0.4 is 0 Å². The summed E-state index contributed by atoms with van der Waals surface area (Å²) in [4.78, 5) is 12.4. The van der Waals surface area contributed by atoms with E-state index < -0.39 is 11.3 Å². The highest BCUT2D eigenvalue weighted by molar-refractivity contribution is 6.29. The van der Waals surface area contributed by atoms with Crippen molar-refractivity contribution in [1.29, 1.82) is 0 Å². The maximum atomic E-state index is 10.4. The zero-order chi connectivity index (χ0) is 10.4. The average Bonchev–Trinajstić information content (AvgIpc) is 2.03. The summed E-state index contributed by atoms with van der Waals surface area (Å²) < 4.78 is 0. The Morgan fingerprint density at radius 2 is 2.08 bits per heavy atom. The Balaban J connectivity index is 3.73. The Kier molecular flexibility index (Phi) is 6.08. The van der Waals surface area contributed by atoms with Crippen LogP contribution >= 0.6 is 11.6 Å². The molecule has 2 atom stereocenters. The van der Waals surface area contributed by atoms with Crippen LogP contribution in [0.4, 0.5) is 0 Å². The van der Waals surface area contributed by atoms with Crippen molar-refractivity contribution < 1.29 is 9.90 Å². The largest absolute Gasteiger partial charge is 0.480 e. The first-order valence-corrected chi connectivity index (χ1v) is 4.96. The fourth-order valence-electron chi connectivity index (χ4n) is 1.09. The Bertz CT molecular complexity index is 164. The van der Waals surface area contributed by atoms with Crippen molar-refractivity contribution in [1.82, 2.24) is 4.90 Å². The highest BCUT2D eigenvalue weighted by Crippen LogP contribution is 2.05. The van der Waals surface area contributed by atoms with Crippen molar-refractivity contribution in [3.63, 3.8) is 0 Å². The lowest BCUT2D eigenvalue weighted by molar-refractivity contribution is -0.136. The predicted molar refractivity (Wildman–Crippen MR) is 54.2 cm³/mol. The number of rotatable bonds is 6. The summed E-state index contributed by atoms with van der Waals surface area (Å²) in [6.07, 6.45) is 1.10. The number of hydrogen-bond donors (Lipinski definition) is 1. The lowest BCUT2D eigenvalue weighted by Gasteiger charge is -2.21. The molecule has 0 spiro atoms. The fourth-order valence-corrected chi connectivity index (χ4v) is 1.32. The number of carboxylic acids is 1. The summed E-state index contributed by atoms with van der Waals surface area (Å²) in [7, 11) is 1.89. The normalized spacial score (nSPS) is 15.8. The van der Waals surface area contributed by atoms with Gasteiger partial charge in [0, 0.05) is 13.1 Å². The van der Waals surface area contributed by atoms with Gasteiger partial charge in [0.25, 0.3) is 0 Å². The molecule has 0 radical (unpaired) electrons. The van der Waals surface area contributed by atoms with Gasteiger partial charge in [-0.2, -0.15) is 0 Å². The van der Waals surface area contributed by atoms with Gasteiger partial charge in [-0.05, 0) is 13.0 Å². The zero-order valence-electron chi connectivity index (χ0n) is 8.46. The molecule has 0 aliphatic carbocycles. The Hall–Kier alpha value is -0.280. The fraction of sp³-hybridized carbons (Fsp3) is 0.889. The van der Waals surface area contributed by atoms with E-state index in [0.29, 0.717) is 12.5 Å². The molecular weight excluding hydrogens is 190 g/mol. The van der Waals surface area contributed by atoms with Gasteiger partial charge in [-0.1, -0.05) is 20.3 Å². The molecule has 0 aromatic rings. The third-order valence-corrected chi connectivity index (χ3v) is 2.38. The van der Waals surface area contributed by atoms with Crippen LogP contribution in [0, 0.1) is 5.92 Å². The number of carbonyl (C=O) groups is 1. The number of carboxylic acid groups (broad SMARTS) is 1. The van der Waals surface area contributed by atoms with Crippen molar-refractivity contribution >= 4 is 17.6 Å². The van der Waals surface area contributed by atoms with E-state index in [1.54, 1.807) is 0 Å². The lowest BCUT2D eigenvalue weighted by atomic mass is 10.1. The first-order chi connectivity index (χ1) is 5.97. The van der Waals surface area contributed by atoms with Crippen molar-refractivity contribution in [3.05, 3.63) is 0 Å². The number of hydrogen-bond acceptors (Lipinski definition) is 2. The van der Waals surface area contributed by atoms with E-state index in [4.69, 9.17) is 16.7 Å². The van der Waals surface area contributed by atoms with Crippen LogP contribution in [0.25, 0.3) is 0 Å². The van der Waals surface area contributed by atoms with Crippen LogP contribution in [0.2, 0.25) is 0 Å². The SMILES string of the molecule is CCC(C)CN(C)CC(Cl)C(=O)O. The summed E-state index contributed by atoms with van der Waals surface area (Å²) in [5.74, 6) is -0.361. The molecule has 0 fully saturated rings. The molecule has 0 saturated carbocycles. The Morgan fingerprint density at radius 3 is 2.46 bits per heavy atom. The molecule has 13 heavy (non-hydrogen) atoms. The van der Waals surface area contributed by atoms with Crippen molar-refractivity contribution in [3.8, 4) is 0 Å². The van der Waals surface area contributed by atoms with E-state index >= 15 is 0 Å². The monoisotopic (exact) mass is 207 g/mol. The molecule has 3 nitrogen and oxygen atoms in total. The van der Waals surface area contributed by atoms with Crippen LogP contribution in [0.1, 0.15) is 20.3 Å². The van der Waals surface area contributed by atoms with Crippen molar-refractivity contribution in [2.75, 3.05) is 20.1 Å². The Labute approximate surface area is 84.7 Å². The van der Waals surface area contributed by atoms with Gasteiger partial charge in [-0.15, -0.1) is 11.6 Å². The maximum absolute atomic E-state index is 10.4. The van der Waals surface area contributed by atoms with Gasteiger partial charge in [-0.25, -0.2) is 0 Å². The molecule has 0 saturated heterocycles. The molecule has 1 N–H and O–H groups in total. The van der Waals surface area contributed by atoms with E-state index in [-0.39, 0.29) is 0 Å². The standard InChI is InChI=1S/C9H18ClNO2/c1-4-7(2)5-11(3)6-8(10)9(12)13/h7-8H,4-6H2,1-3H3,(H,12,13). The van der Waals surface area contributed by atoms with Gasteiger partial charge in [0.05, 0.1) is 0 Å². The predicted octanol–water partition coefficient (Wildman–Crippen LogP) is 1.66. The highest BCUT2D eigenvalue weighted by Gasteiger charge is 2.16. The molecular formula is C9H18ClNO2. The minimum Gasteiger partial charge on any atom is -0.480 e. The molecule has 0 aliphatic rings. The van der Waals surface area contributed by atoms with E-state index in [0.717, 1.165) is 13.0 Å². The van der Waals surface area contributed by atoms with Crippen LogP contribution in [0.5, 0.6) is 0 Å². The van der Waals surface area contributed by atoms with Crippen LogP contribution in [-0.2, 0) is 4.79 Å². The van der Waals surface area contributed by atoms with Crippen LogP contribution in [0.3, 0.4) is 0 Å². The Morgan fingerprint density at radius 1 is 1.54 bits per heavy atom. The highest BCUT2D eigenvalue weighted by atomic mass is 35.5. The summed E-state index contributed by atoms with van der Waals surface area (Å²) in [6, 6.07) is 0. The molecule has 0 aromatic heterocycles. The first kappa shape index (κ1) is 12.7. The molecule has 0 aromatic carbocycles. The minimum atomic E-state index is -0.947. The van der Waals surface area contributed by atoms with Gasteiger partial charge in [0.1, 0.15) is 5.38 Å². The van der Waals surface area contributed by atoms with Crippen molar-refractivity contribution in [2.45, 2.75) is 25.6 Å². The summed E-state index contributed by atoms with van der Waals surface area (Å²) in [5.41, 5.74) is 0. The smallest absolute Gasteiger partial charge is 0.322 e. The van der Waals surface area contributed by atoms with Gasteiger partial charge < -0.3 is 10.0 Å². The van der Waals surface area contributed by atoms with Gasteiger partial charge in [-0.3, -0.25) is 4.79 Å². The zero-order valence-corrected chi connectivity index (χ0v) is 9.21. The summed E-state index contributed by atoms with van der Waals surface area (Å²) >= 11 is 5.60. The number of halogens is 1. The van der Waals surface area contributed by atoms with Crippen LogP contribution in [0.15, 0.2) is 0 Å². The quantitative estimate of drug-likeness (QED) is 0.674. The molecule has 0 bridgehead atoms. The molecule has 78 valence electrons. The van der Waals surface area contributed by atoms with E-state index in [9.17, 15) is 4.79 Å². The second-order valence-corrected chi connectivity index (χ2v) is 4.07. The third-order valence-electron chi connectivity index (χ3n) is 2.06. The van der Waals surface area contributed by atoms with Gasteiger partial charge in [0.15, 0.2) is 0 Å². The average molecular weight is 208 g/mol. The second-order valence-electron chi connectivity index (χ2n) is 3.54. The van der Waals surface area contributed by atoms with Crippen LogP contribution in [-0.4, -0.2) is 41.5 Å². The molecule has 0 aliphatic heterocycles. The summed E-state index contributed by atoms with van der Waals surface area (Å²) in [6.45, 7) is 5.56. The topological polar surface area (TPSA) is 40.5 Å². The van der Waals surface area contributed by atoms with Gasteiger partial charge in [0.2, 0.25) is 0 Å². The molecule has 0 amide bonds. The first-order valence-electron chi connectivity index (χ1n) is 4.52. The number of aliphatic carboxylic acids is 1. The van der Waals surface area contributed by atoms with E-state index in [2.05, 4.69) is 13.8 Å². The maximum Gasteiger partial charge on any atom is 0.322 e. The molecule has 0 heterocycles. The van der Waals surface area contributed by atoms with Crippen molar-refractivity contribution in [2.24, 2.45) is 5.92 Å². The third kappa shape index (κ3) is 5.88. The molecule has 4 heteroatoms. The molecule has 0 rings (SSSR count). The number of nitrogens with zero attached hydrogens (tertiary/aromatic N) is 1. The van der Waals surface area contributed by atoms with E-state index in [1.807, 2.05) is 11.9 Å². The molecule has 2 unspecified atom stereocenters. The lowest BCUT2D eigenvalue weighted by Crippen LogP contribution is -2.33. The van der Waals surface area contributed by atoms with E-state index in [1.165, 1.54) is 0 Å². The number of alkyl halides is 1. The summed E-state index contributed by atoms with van der Waals surface area (Å²) in [5, 5.41) is 7.77.